The fraction of sp³-hybridized carbons (Fsp3) is 0.318. The molecule has 0 atom stereocenters. The van der Waals surface area contributed by atoms with Crippen molar-refractivity contribution in [2.45, 2.75) is 25.3 Å². The van der Waals surface area contributed by atoms with Gasteiger partial charge in [0.25, 0.3) is 0 Å². The molecule has 2 heterocycles. The van der Waals surface area contributed by atoms with Crippen molar-refractivity contribution in [3.05, 3.63) is 74.6 Å². The Balaban J connectivity index is 1.53. The lowest BCUT2D eigenvalue weighted by atomic mass is 10.0. The zero-order valence-electron chi connectivity index (χ0n) is 16.9. The van der Waals surface area contributed by atoms with Gasteiger partial charge in [-0.15, -0.1) is 0 Å². The van der Waals surface area contributed by atoms with E-state index in [-0.39, 0.29) is 15.5 Å². The highest BCUT2D eigenvalue weighted by atomic mass is 35.5. The Morgan fingerprint density at radius 2 is 1.73 bits per heavy atom. The molecule has 0 amide bonds. The summed E-state index contributed by atoms with van der Waals surface area (Å²) >= 11 is 6.10. The highest BCUT2D eigenvalue weighted by Crippen LogP contribution is 2.27. The molecule has 1 aliphatic rings. The number of halogens is 1. The van der Waals surface area contributed by atoms with Crippen molar-refractivity contribution < 1.29 is 12.8 Å². The van der Waals surface area contributed by atoms with E-state index in [4.69, 9.17) is 16.0 Å². The molecule has 1 aliphatic heterocycles. The van der Waals surface area contributed by atoms with Crippen LogP contribution in [0, 0.1) is 13.8 Å². The van der Waals surface area contributed by atoms with Crippen LogP contribution in [-0.4, -0.2) is 43.8 Å². The first-order chi connectivity index (χ1) is 14.3. The summed E-state index contributed by atoms with van der Waals surface area (Å²) < 4.78 is 32.8. The zero-order chi connectivity index (χ0) is 21.5. The molecule has 0 unspecified atom stereocenters. The predicted molar refractivity (Wildman–Crippen MR) is 117 cm³/mol. The van der Waals surface area contributed by atoms with Crippen molar-refractivity contribution >= 4 is 32.6 Å². The van der Waals surface area contributed by atoms with Gasteiger partial charge in [-0.25, -0.2) is 13.2 Å². The van der Waals surface area contributed by atoms with Crippen LogP contribution in [0.15, 0.2) is 56.6 Å². The van der Waals surface area contributed by atoms with Crippen molar-refractivity contribution in [1.29, 1.82) is 0 Å². The van der Waals surface area contributed by atoms with Crippen LogP contribution in [-0.2, 0) is 16.6 Å². The molecule has 0 aliphatic carbocycles. The summed E-state index contributed by atoms with van der Waals surface area (Å²) in [4.78, 5) is 14.4. The molecular weight excluding hydrogens is 424 g/mol. The molecule has 158 valence electrons. The molecule has 6 nitrogen and oxygen atoms in total. The number of sulfonamides is 1. The number of nitrogens with zero attached hydrogens (tertiary/aromatic N) is 2. The first-order valence-corrected chi connectivity index (χ1v) is 11.6. The maximum atomic E-state index is 12.9. The number of aryl methyl sites for hydroxylation is 2. The van der Waals surface area contributed by atoms with Gasteiger partial charge in [-0.3, -0.25) is 4.90 Å². The first-order valence-electron chi connectivity index (χ1n) is 9.77. The third-order valence-electron chi connectivity index (χ3n) is 5.70. The normalized spacial score (nSPS) is 16.2. The van der Waals surface area contributed by atoms with E-state index in [0.29, 0.717) is 38.3 Å². The van der Waals surface area contributed by atoms with Gasteiger partial charge in [0.1, 0.15) is 10.5 Å². The standard InChI is InChI=1S/C22H23ClN2O4S/c1-15-7-8-18-17(13-21(26)29-22(18)16(15)2)14-24-9-11-25(12-10-24)30(27,28)20-6-4-3-5-19(20)23/h3-8,13H,9-12,14H2,1-2H3. The van der Waals surface area contributed by atoms with Crippen LogP contribution in [0.25, 0.3) is 11.0 Å². The number of hydrogen-bond acceptors (Lipinski definition) is 5. The van der Waals surface area contributed by atoms with Crippen LogP contribution in [0.4, 0.5) is 0 Å². The van der Waals surface area contributed by atoms with Gasteiger partial charge in [0, 0.05) is 44.2 Å². The van der Waals surface area contributed by atoms with Crippen LogP contribution in [0.2, 0.25) is 5.02 Å². The van der Waals surface area contributed by atoms with E-state index >= 15 is 0 Å². The van der Waals surface area contributed by atoms with Crippen molar-refractivity contribution in [2.24, 2.45) is 0 Å². The Morgan fingerprint density at radius 1 is 1.03 bits per heavy atom. The van der Waals surface area contributed by atoms with Gasteiger partial charge in [0.05, 0.1) is 5.02 Å². The molecule has 1 aromatic heterocycles. The molecule has 0 radical (unpaired) electrons. The van der Waals surface area contributed by atoms with E-state index in [0.717, 1.165) is 22.1 Å². The van der Waals surface area contributed by atoms with E-state index in [2.05, 4.69) is 4.90 Å². The Hall–Kier alpha value is -2.19. The zero-order valence-corrected chi connectivity index (χ0v) is 18.5. The van der Waals surface area contributed by atoms with E-state index in [9.17, 15) is 13.2 Å². The van der Waals surface area contributed by atoms with Gasteiger partial charge in [0.15, 0.2) is 0 Å². The molecule has 0 bridgehead atoms. The summed E-state index contributed by atoms with van der Waals surface area (Å²) in [6, 6.07) is 12.0. The topological polar surface area (TPSA) is 70.8 Å². The van der Waals surface area contributed by atoms with E-state index in [1.807, 2.05) is 26.0 Å². The molecule has 2 aromatic carbocycles. The summed E-state index contributed by atoms with van der Waals surface area (Å²) in [7, 11) is -3.63. The minimum Gasteiger partial charge on any atom is -0.422 e. The average molecular weight is 447 g/mol. The summed E-state index contributed by atoms with van der Waals surface area (Å²) in [6.45, 7) is 6.36. The van der Waals surface area contributed by atoms with Gasteiger partial charge >= 0.3 is 5.63 Å². The van der Waals surface area contributed by atoms with Crippen molar-refractivity contribution in [2.75, 3.05) is 26.2 Å². The van der Waals surface area contributed by atoms with Crippen LogP contribution in [0.1, 0.15) is 16.7 Å². The Bertz CT molecular complexity index is 1260. The molecule has 4 rings (SSSR count). The summed E-state index contributed by atoms with van der Waals surface area (Å²) in [5, 5.41) is 1.15. The highest BCUT2D eigenvalue weighted by Gasteiger charge is 2.30. The van der Waals surface area contributed by atoms with Crippen LogP contribution in [0.3, 0.4) is 0 Å². The van der Waals surface area contributed by atoms with Crippen molar-refractivity contribution in [3.63, 3.8) is 0 Å². The predicted octanol–water partition coefficient (Wildman–Crippen LogP) is 3.57. The molecule has 0 N–H and O–H groups in total. The minimum atomic E-state index is -3.63. The maximum absolute atomic E-state index is 12.9. The highest BCUT2D eigenvalue weighted by molar-refractivity contribution is 7.89. The van der Waals surface area contributed by atoms with Crippen LogP contribution < -0.4 is 5.63 Å². The second kappa shape index (κ2) is 8.15. The van der Waals surface area contributed by atoms with Crippen LogP contribution >= 0.6 is 11.6 Å². The quantitative estimate of drug-likeness (QED) is 0.573. The van der Waals surface area contributed by atoms with E-state index < -0.39 is 10.0 Å². The van der Waals surface area contributed by atoms with Gasteiger partial charge in [-0.05, 0) is 42.7 Å². The molecular formula is C22H23ClN2O4S. The molecule has 0 saturated carbocycles. The SMILES string of the molecule is Cc1ccc2c(CN3CCN(S(=O)(=O)c4ccccc4Cl)CC3)cc(=O)oc2c1C. The minimum absolute atomic E-state index is 0.137. The second-order valence-electron chi connectivity index (χ2n) is 7.59. The largest absolute Gasteiger partial charge is 0.422 e. The second-order valence-corrected chi connectivity index (χ2v) is 9.90. The Kier molecular flexibility index (Phi) is 5.72. The maximum Gasteiger partial charge on any atom is 0.336 e. The number of fused-ring (bicyclic) bond motifs is 1. The van der Waals surface area contributed by atoms with Crippen LogP contribution in [0.5, 0.6) is 0 Å². The van der Waals surface area contributed by atoms with Gasteiger partial charge in [-0.1, -0.05) is 35.9 Å². The third-order valence-corrected chi connectivity index (χ3v) is 8.10. The summed E-state index contributed by atoms with van der Waals surface area (Å²) in [5.74, 6) is 0. The van der Waals surface area contributed by atoms with Gasteiger partial charge < -0.3 is 4.42 Å². The first kappa shape index (κ1) is 21.1. The lowest BCUT2D eigenvalue weighted by Crippen LogP contribution is -2.48. The van der Waals surface area contributed by atoms with Gasteiger partial charge in [-0.2, -0.15) is 4.31 Å². The Labute approximate surface area is 180 Å². The molecule has 1 fully saturated rings. The smallest absolute Gasteiger partial charge is 0.336 e. The average Bonchev–Trinajstić information content (AvgIpc) is 2.71. The van der Waals surface area contributed by atoms with Crippen molar-refractivity contribution in [1.82, 2.24) is 9.21 Å². The molecule has 0 spiro atoms. The lowest BCUT2D eigenvalue weighted by Gasteiger charge is -2.34. The molecule has 3 aromatic rings. The third kappa shape index (κ3) is 3.90. The fourth-order valence-corrected chi connectivity index (χ4v) is 5.73. The number of rotatable bonds is 4. The monoisotopic (exact) mass is 446 g/mol. The van der Waals surface area contributed by atoms with E-state index in [1.54, 1.807) is 18.2 Å². The number of benzene rings is 2. The van der Waals surface area contributed by atoms with E-state index in [1.165, 1.54) is 16.4 Å². The van der Waals surface area contributed by atoms with Crippen molar-refractivity contribution in [3.8, 4) is 0 Å². The Morgan fingerprint density at radius 3 is 2.43 bits per heavy atom. The summed E-state index contributed by atoms with van der Waals surface area (Å²) in [5.41, 5.74) is 3.18. The number of piperazine rings is 1. The van der Waals surface area contributed by atoms with Gasteiger partial charge in [0.2, 0.25) is 10.0 Å². The molecule has 30 heavy (non-hydrogen) atoms. The lowest BCUT2D eigenvalue weighted by molar-refractivity contribution is 0.182. The fourth-order valence-electron chi connectivity index (χ4n) is 3.82. The summed E-state index contributed by atoms with van der Waals surface area (Å²) in [6.07, 6.45) is 0. The molecule has 1 saturated heterocycles. The number of hydrogen-bond donors (Lipinski definition) is 0. The molecule has 8 heteroatoms.